The highest BCUT2D eigenvalue weighted by atomic mass is 35.5. The fourth-order valence-electron chi connectivity index (χ4n) is 3.29. The van der Waals surface area contributed by atoms with Crippen molar-refractivity contribution in [3.05, 3.63) is 29.3 Å². The fourth-order valence-corrected chi connectivity index (χ4v) is 4.94. The van der Waals surface area contributed by atoms with Gasteiger partial charge in [-0.1, -0.05) is 11.6 Å². The zero-order valence-corrected chi connectivity index (χ0v) is 14.1. The Bertz CT molecular complexity index is 693. The summed E-state index contributed by atoms with van der Waals surface area (Å²) in [7, 11) is -3.59. The van der Waals surface area contributed by atoms with Crippen molar-refractivity contribution >= 4 is 27.7 Å². The van der Waals surface area contributed by atoms with Crippen LogP contribution < -0.4 is 4.72 Å². The predicted molar refractivity (Wildman–Crippen MR) is 86.1 cm³/mol. The number of benzene rings is 1. The minimum Gasteiger partial charge on any atom is -0.465 e. The standard InChI is InChI=1S/C15H19ClN2O4S/c16-12-1-3-13(4-2-12)23(21,22)17-15(7-8-15)11-5-9-18(10-6-11)14(19)20/h1-4,11,17H,5-10H2,(H,19,20). The first kappa shape index (κ1) is 16.5. The van der Waals surface area contributed by atoms with Crippen molar-refractivity contribution in [1.29, 1.82) is 0 Å². The van der Waals surface area contributed by atoms with E-state index in [0.29, 0.717) is 31.0 Å². The average Bonchev–Trinajstić information content (AvgIpc) is 3.28. The van der Waals surface area contributed by atoms with Crippen LogP contribution in [0.2, 0.25) is 5.02 Å². The predicted octanol–water partition coefficient (Wildman–Crippen LogP) is 2.54. The summed E-state index contributed by atoms with van der Waals surface area (Å²) >= 11 is 5.80. The molecule has 0 spiro atoms. The maximum Gasteiger partial charge on any atom is 0.407 e. The third-order valence-corrected chi connectivity index (χ3v) is 6.62. The van der Waals surface area contributed by atoms with E-state index >= 15 is 0 Å². The first-order valence-electron chi connectivity index (χ1n) is 7.60. The van der Waals surface area contributed by atoms with Crippen LogP contribution in [0.25, 0.3) is 0 Å². The second-order valence-corrected chi connectivity index (χ2v) is 8.38. The van der Waals surface area contributed by atoms with Crippen molar-refractivity contribution in [2.75, 3.05) is 13.1 Å². The highest BCUT2D eigenvalue weighted by Crippen LogP contribution is 2.47. The second-order valence-electron chi connectivity index (χ2n) is 6.26. The van der Waals surface area contributed by atoms with Crippen LogP contribution in [0.4, 0.5) is 4.79 Å². The molecule has 1 saturated heterocycles. The van der Waals surface area contributed by atoms with E-state index < -0.39 is 21.7 Å². The smallest absolute Gasteiger partial charge is 0.407 e. The van der Waals surface area contributed by atoms with Gasteiger partial charge in [0.05, 0.1) is 4.90 Å². The Hall–Kier alpha value is -1.31. The molecule has 1 aliphatic heterocycles. The lowest BCUT2D eigenvalue weighted by Crippen LogP contribution is -2.48. The summed E-state index contributed by atoms with van der Waals surface area (Å²) < 4.78 is 28.0. The zero-order chi connectivity index (χ0) is 16.7. The Balaban J connectivity index is 1.70. The molecule has 0 bridgehead atoms. The molecule has 0 radical (unpaired) electrons. The summed E-state index contributed by atoms with van der Waals surface area (Å²) in [5.41, 5.74) is -0.414. The highest BCUT2D eigenvalue weighted by Gasteiger charge is 2.52. The zero-order valence-electron chi connectivity index (χ0n) is 12.5. The molecule has 2 aliphatic rings. The number of hydrogen-bond acceptors (Lipinski definition) is 3. The molecule has 3 rings (SSSR count). The minimum absolute atomic E-state index is 0.181. The van der Waals surface area contributed by atoms with Crippen molar-refractivity contribution in [2.45, 2.75) is 36.1 Å². The van der Waals surface area contributed by atoms with Gasteiger partial charge in [-0.15, -0.1) is 0 Å². The van der Waals surface area contributed by atoms with Gasteiger partial charge in [-0.25, -0.2) is 17.9 Å². The van der Waals surface area contributed by atoms with Crippen LogP contribution in [-0.4, -0.2) is 43.1 Å². The molecular formula is C15H19ClN2O4S. The molecule has 23 heavy (non-hydrogen) atoms. The summed E-state index contributed by atoms with van der Waals surface area (Å²) in [5, 5.41) is 9.50. The maximum absolute atomic E-state index is 12.6. The van der Waals surface area contributed by atoms with Crippen LogP contribution >= 0.6 is 11.6 Å². The molecule has 0 aromatic heterocycles. The van der Waals surface area contributed by atoms with E-state index in [9.17, 15) is 13.2 Å². The summed E-state index contributed by atoms with van der Waals surface area (Å²) in [5.74, 6) is 0.181. The fraction of sp³-hybridized carbons (Fsp3) is 0.533. The molecule has 0 unspecified atom stereocenters. The molecule has 1 aromatic rings. The molecule has 1 heterocycles. The van der Waals surface area contributed by atoms with Gasteiger partial charge in [0, 0.05) is 23.7 Å². The van der Waals surface area contributed by atoms with Gasteiger partial charge in [0.1, 0.15) is 0 Å². The molecule has 1 aromatic carbocycles. The van der Waals surface area contributed by atoms with Gasteiger partial charge < -0.3 is 10.0 Å². The molecule has 8 heteroatoms. The van der Waals surface area contributed by atoms with Gasteiger partial charge >= 0.3 is 6.09 Å². The number of nitrogens with one attached hydrogen (secondary N) is 1. The largest absolute Gasteiger partial charge is 0.465 e. The summed E-state index contributed by atoms with van der Waals surface area (Å²) in [6.07, 6.45) is 2.08. The third kappa shape index (κ3) is 3.46. The van der Waals surface area contributed by atoms with E-state index in [1.165, 1.54) is 17.0 Å². The Morgan fingerprint density at radius 1 is 1.22 bits per heavy atom. The number of amides is 1. The van der Waals surface area contributed by atoms with Gasteiger partial charge in [0.15, 0.2) is 0 Å². The van der Waals surface area contributed by atoms with E-state index in [1.807, 2.05) is 0 Å². The monoisotopic (exact) mass is 358 g/mol. The molecule has 6 nitrogen and oxygen atoms in total. The molecule has 2 fully saturated rings. The summed E-state index contributed by atoms with van der Waals surface area (Å²) in [6.45, 7) is 0.925. The van der Waals surface area contributed by atoms with Gasteiger partial charge in [-0.05, 0) is 55.9 Å². The van der Waals surface area contributed by atoms with Crippen LogP contribution in [0, 0.1) is 5.92 Å². The number of hydrogen-bond donors (Lipinski definition) is 2. The highest BCUT2D eigenvalue weighted by molar-refractivity contribution is 7.89. The molecular weight excluding hydrogens is 340 g/mol. The second kappa shape index (κ2) is 5.96. The van der Waals surface area contributed by atoms with Crippen LogP contribution in [0.3, 0.4) is 0 Å². The normalized spacial score (nSPS) is 21.2. The Labute approximate surface area is 140 Å². The lowest BCUT2D eigenvalue weighted by Gasteiger charge is -2.35. The average molecular weight is 359 g/mol. The number of sulfonamides is 1. The Morgan fingerprint density at radius 2 is 1.78 bits per heavy atom. The number of carbonyl (C=O) groups is 1. The Kier molecular flexibility index (Phi) is 4.29. The summed E-state index contributed by atoms with van der Waals surface area (Å²) in [6, 6.07) is 6.10. The maximum atomic E-state index is 12.6. The van der Waals surface area contributed by atoms with Crippen molar-refractivity contribution in [3.8, 4) is 0 Å². The van der Waals surface area contributed by atoms with Gasteiger partial charge in [-0.2, -0.15) is 0 Å². The summed E-state index contributed by atoms with van der Waals surface area (Å²) in [4.78, 5) is 12.6. The Morgan fingerprint density at radius 3 is 2.26 bits per heavy atom. The number of piperidine rings is 1. The number of halogens is 1. The van der Waals surface area contributed by atoms with Crippen LogP contribution in [-0.2, 0) is 10.0 Å². The lowest BCUT2D eigenvalue weighted by molar-refractivity contribution is 0.116. The molecule has 1 amide bonds. The first-order chi connectivity index (χ1) is 10.8. The van der Waals surface area contributed by atoms with Crippen LogP contribution in [0.15, 0.2) is 29.2 Å². The molecule has 1 saturated carbocycles. The third-order valence-electron chi connectivity index (χ3n) is 4.80. The molecule has 1 aliphatic carbocycles. The van der Waals surface area contributed by atoms with Crippen molar-refractivity contribution in [3.63, 3.8) is 0 Å². The molecule has 126 valence electrons. The lowest BCUT2D eigenvalue weighted by atomic mass is 9.88. The van der Waals surface area contributed by atoms with Crippen LogP contribution in [0.1, 0.15) is 25.7 Å². The van der Waals surface area contributed by atoms with Gasteiger partial charge in [0.2, 0.25) is 10.0 Å². The van der Waals surface area contributed by atoms with Crippen LogP contribution in [0.5, 0.6) is 0 Å². The quantitative estimate of drug-likeness (QED) is 0.865. The number of carboxylic acid groups (broad SMARTS) is 1. The topological polar surface area (TPSA) is 86.7 Å². The first-order valence-corrected chi connectivity index (χ1v) is 9.46. The minimum atomic E-state index is -3.59. The van der Waals surface area contributed by atoms with Crippen molar-refractivity contribution < 1.29 is 18.3 Å². The number of rotatable bonds is 4. The van der Waals surface area contributed by atoms with E-state index in [2.05, 4.69) is 4.72 Å². The van der Waals surface area contributed by atoms with Crippen molar-refractivity contribution in [1.82, 2.24) is 9.62 Å². The molecule has 0 atom stereocenters. The van der Waals surface area contributed by atoms with E-state index in [1.54, 1.807) is 12.1 Å². The van der Waals surface area contributed by atoms with E-state index in [-0.39, 0.29) is 10.8 Å². The number of nitrogens with zero attached hydrogens (tertiary/aromatic N) is 1. The van der Waals surface area contributed by atoms with E-state index in [0.717, 1.165) is 12.8 Å². The SMILES string of the molecule is O=C(O)N1CCC(C2(NS(=O)(=O)c3ccc(Cl)cc3)CC2)CC1. The van der Waals surface area contributed by atoms with Gasteiger partial charge in [-0.3, -0.25) is 0 Å². The molecule has 2 N–H and O–H groups in total. The van der Waals surface area contributed by atoms with Gasteiger partial charge in [0.25, 0.3) is 0 Å². The van der Waals surface area contributed by atoms with E-state index in [4.69, 9.17) is 16.7 Å². The number of likely N-dealkylation sites (tertiary alicyclic amines) is 1. The van der Waals surface area contributed by atoms with Crippen molar-refractivity contribution in [2.24, 2.45) is 5.92 Å².